The number of phenols is 1. The van der Waals surface area contributed by atoms with Gasteiger partial charge < -0.3 is 23.2 Å². The van der Waals surface area contributed by atoms with Crippen molar-refractivity contribution in [1.29, 1.82) is 0 Å². The molecule has 0 saturated heterocycles. The lowest BCUT2D eigenvalue weighted by Gasteiger charge is -2.30. The van der Waals surface area contributed by atoms with Crippen molar-refractivity contribution in [1.82, 2.24) is 0 Å². The van der Waals surface area contributed by atoms with Crippen LogP contribution < -0.4 is 0 Å². The average molecular weight is 615 g/mol. The zero-order valence-electron chi connectivity index (χ0n) is 26.8. The summed E-state index contributed by atoms with van der Waals surface area (Å²) in [5, 5.41) is 11.5. The van der Waals surface area contributed by atoms with Gasteiger partial charge in [-0.15, -0.1) is 0 Å². The summed E-state index contributed by atoms with van der Waals surface area (Å²) in [7, 11) is -8.24. The Bertz CT molecular complexity index is 1010. The Labute approximate surface area is 249 Å². The summed E-state index contributed by atoms with van der Waals surface area (Å²) in [5.41, 5.74) is 2.97. The molecule has 0 unspecified atom stereocenters. The first-order valence-corrected chi connectivity index (χ1v) is 18.9. The molecule has 1 aliphatic carbocycles. The summed E-state index contributed by atoms with van der Waals surface area (Å²) < 4.78 is 53.8. The van der Waals surface area contributed by atoms with Crippen LogP contribution in [0.15, 0.2) is 11.1 Å². The molecule has 0 radical (unpaired) electrons. The molecule has 1 aliphatic rings. The Kier molecular flexibility index (Phi) is 15.4. The van der Waals surface area contributed by atoms with Gasteiger partial charge in [-0.1, -0.05) is 80.2 Å². The smallest absolute Gasteiger partial charge is 0.369 e. The maximum Gasteiger partial charge on any atom is 0.369 e. The van der Waals surface area contributed by atoms with E-state index in [4.69, 9.17) is 18.1 Å². The highest BCUT2D eigenvalue weighted by Gasteiger charge is 2.46. The summed E-state index contributed by atoms with van der Waals surface area (Å²) in [6.45, 7) is 15.0. The van der Waals surface area contributed by atoms with Gasteiger partial charge in [-0.25, -0.2) is 0 Å². The van der Waals surface area contributed by atoms with Gasteiger partial charge in [0, 0.05) is 5.56 Å². The van der Waals surface area contributed by atoms with Crippen LogP contribution in [-0.2, 0) is 45.5 Å². The van der Waals surface area contributed by atoms with E-state index in [1.165, 1.54) is 0 Å². The third-order valence-electron chi connectivity index (χ3n) is 7.28. The number of hydrogen-bond donors (Lipinski definition) is 1. The van der Waals surface area contributed by atoms with E-state index in [2.05, 4.69) is 6.07 Å². The molecule has 0 fully saturated rings. The number of hydrogen-bond acceptors (Lipinski definition) is 7. The number of unbranched alkanes of at least 4 members (excludes halogenated alkanes) is 4. The molecule has 0 aromatic heterocycles. The molecule has 1 aromatic carbocycles. The molecule has 236 valence electrons. The number of rotatable bonds is 19. The monoisotopic (exact) mass is 614 g/mol. The van der Waals surface area contributed by atoms with Crippen molar-refractivity contribution < 1.29 is 32.3 Å². The van der Waals surface area contributed by atoms with Crippen molar-refractivity contribution in [2.75, 3.05) is 26.4 Å². The second kappa shape index (κ2) is 17.4. The van der Waals surface area contributed by atoms with Crippen molar-refractivity contribution in [2.24, 2.45) is 0 Å². The van der Waals surface area contributed by atoms with E-state index in [0.29, 0.717) is 31.2 Å². The Morgan fingerprint density at radius 1 is 0.780 bits per heavy atom. The summed E-state index contributed by atoms with van der Waals surface area (Å²) in [4.78, 5) is 0. The minimum atomic E-state index is -4.12. The first kappa shape index (κ1) is 36.3. The van der Waals surface area contributed by atoms with Crippen LogP contribution in [0.25, 0.3) is 6.08 Å². The minimum Gasteiger partial charge on any atom is -0.507 e. The normalized spacial score (nSPS) is 14.2. The Hall–Kier alpha value is -0.940. The van der Waals surface area contributed by atoms with E-state index in [1.54, 1.807) is 6.08 Å². The van der Waals surface area contributed by atoms with Gasteiger partial charge in [0.1, 0.15) is 5.75 Å². The van der Waals surface area contributed by atoms with Crippen LogP contribution in [0.1, 0.15) is 135 Å². The van der Waals surface area contributed by atoms with E-state index in [-0.39, 0.29) is 37.2 Å². The van der Waals surface area contributed by atoms with Gasteiger partial charge in [0.25, 0.3) is 0 Å². The fourth-order valence-electron chi connectivity index (χ4n) is 4.91. The Balaban J connectivity index is 2.89. The van der Waals surface area contributed by atoms with Gasteiger partial charge in [0.05, 0.1) is 26.4 Å². The van der Waals surface area contributed by atoms with E-state index < -0.39 is 20.6 Å². The van der Waals surface area contributed by atoms with Crippen molar-refractivity contribution in [3.05, 3.63) is 33.4 Å². The van der Waals surface area contributed by atoms with Gasteiger partial charge in [0.2, 0.25) is 0 Å². The van der Waals surface area contributed by atoms with Crippen molar-refractivity contribution in [2.45, 2.75) is 131 Å². The number of phenolic OH excluding ortho intramolecular Hbond substituents is 1. The predicted molar refractivity (Wildman–Crippen MR) is 170 cm³/mol. The van der Waals surface area contributed by atoms with E-state index in [9.17, 15) is 14.2 Å². The van der Waals surface area contributed by atoms with Crippen molar-refractivity contribution >= 4 is 21.3 Å². The number of aryl methyl sites for hydroxylation is 1. The van der Waals surface area contributed by atoms with Crippen LogP contribution in [-0.4, -0.2) is 31.5 Å². The molecule has 0 saturated carbocycles. The second-order valence-corrected chi connectivity index (χ2v) is 16.4. The molecule has 2 rings (SSSR count). The number of fused-ring (bicyclic) bond motifs is 1. The van der Waals surface area contributed by atoms with E-state index in [0.717, 1.165) is 68.1 Å². The molecule has 0 bridgehead atoms. The van der Waals surface area contributed by atoms with Gasteiger partial charge in [0.15, 0.2) is 5.06 Å². The molecule has 0 heterocycles. The molecular weight excluding hydrogens is 558 g/mol. The molecular formula is C32H56O7P2. The molecule has 0 aliphatic heterocycles. The van der Waals surface area contributed by atoms with Crippen LogP contribution in [0.5, 0.6) is 5.75 Å². The van der Waals surface area contributed by atoms with Gasteiger partial charge in [-0.3, -0.25) is 9.13 Å². The highest BCUT2D eigenvalue weighted by molar-refractivity contribution is 7.79. The molecule has 41 heavy (non-hydrogen) atoms. The lowest BCUT2D eigenvalue weighted by atomic mass is 9.78. The Morgan fingerprint density at radius 3 is 1.59 bits per heavy atom. The summed E-state index contributed by atoms with van der Waals surface area (Å²) in [6.07, 6.45) is 11.5. The van der Waals surface area contributed by atoms with Crippen LogP contribution in [0, 0.1) is 0 Å². The number of benzene rings is 1. The number of aromatic hydroxyl groups is 1. The third-order valence-corrected chi connectivity index (χ3v) is 12.2. The fourth-order valence-corrected chi connectivity index (χ4v) is 9.55. The summed E-state index contributed by atoms with van der Waals surface area (Å²) >= 11 is 0. The summed E-state index contributed by atoms with van der Waals surface area (Å²) in [6, 6.07) is 2.06. The zero-order valence-corrected chi connectivity index (χ0v) is 28.5. The van der Waals surface area contributed by atoms with E-state index >= 15 is 0 Å². The molecule has 0 atom stereocenters. The van der Waals surface area contributed by atoms with Crippen LogP contribution in [0.2, 0.25) is 0 Å². The molecule has 0 spiro atoms. The van der Waals surface area contributed by atoms with Crippen molar-refractivity contribution in [3.8, 4) is 5.75 Å². The van der Waals surface area contributed by atoms with Crippen molar-refractivity contribution in [3.63, 3.8) is 0 Å². The van der Waals surface area contributed by atoms with Crippen LogP contribution >= 0.6 is 15.2 Å². The van der Waals surface area contributed by atoms with Gasteiger partial charge in [-0.05, 0) is 79.5 Å². The Morgan fingerprint density at radius 2 is 1.20 bits per heavy atom. The van der Waals surface area contributed by atoms with Gasteiger partial charge in [-0.2, -0.15) is 0 Å². The standard InChI is InChI=1S/C32H56O7P2/c1-8-12-20-36-40(34,37-21-13-9-2)29(41(35,38-22-14-10-3)39-23-15-11-4)25-27-24-26-18-16-17-19-28(26)31(33)30(27)32(5,6)7/h24-25,33H,8-23H2,1-7H3. The molecule has 9 heteroatoms. The fraction of sp³-hybridized carbons (Fsp3) is 0.750. The quantitative estimate of drug-likeness (QED) is 0.122. The first-order valence-electron chi connectivity index (χ1n) is 15.9. The highest BCUT2D eigenvalue weighted by atomic mass is 31.2. The van der Waals surface area contributed by atoms with Gasteiger partial charge >= 0.3 is 15.2 Å². The second-order valence-electron chi connectivity index (χ2n) is 12.0. The van der Waals surface area contributed by atoms with Crippen LogP contribution in [0.4, 0.5) is 0 Å². The molecule has 0 amide bonds. The maximum atomic E-state index is 14.8. The lowest BCUT2D eigenvalue weighted by molar-refractivity contribution is 0.194. The molecule has 7 nitrogen and oxygen atoms in total. The SMILES string of the molecule is CCCCOP(=O)(OCCCC)C(=Cc1cc2c(c(O)c1C(C)(C)C)CCCC2)P(=O)(OCCCC)OCCCC. The molecule has 1 aromatic rings. The first-order chi connectivity index (χ1) is 19.5. The highest BCUT2D eigenvalue weighted by Crippen LogP contribution is 2.74. The topological polar surface area (TPSA) is 91.3 Å². The third kappa shape index (κ3) is 10.3. The molecule has 1 N–H and O–H groups in total. The lowest BCUT2D eigenvalue weighted by Crippen LogP contribution is -2.17. The minimum absolute atomic E-state index is 0.0647. The summed E-state index contributed by atoms with van der Waals surface area (Å²) in [5.74, 6) is 0.266. The maximum absolute atomic E-state index is 14.8. The van der Waals surface area contributed by atoms with E-state index in [1.807, 2.05) is 48.5 Å². The van der Waals surface area contributed by atoms with Crippen LogP contribution in [0.3, 0.4) is 0 Å². The zero-order chi connectivity index (χ0) is 30.5. The largest absolute Gasteiger partial charge is 0.507 e. The average Bonchev–Trinajstić information content (AvgIpc) is 2.91. The predicted octanol–water partition coefficient (Wildman–Crippen LogP) is 10.5.